The van der Waals surface area contributed by atoms with Crippen molar-refractivity contribution in [3.05, 3.63) is 34.9 Å². The van der Waals surface area contributed by atoms with E-state index in [0.29, 0.717) is 6.04 Å². The number of hydrogen-bond acceptors (Lipinski definition) is 2. The van der Waals surface area contributed by atoms with Gasteiger partial charge in [-0.15, -0.1) is 0 Å². The highest BCUT2D eigenvalue weighted by Crippen LogP contribution is 2.27. The van der Waals surface area contributed by atoms with E-state index < -0.39 is 0 Å². The quantitative estimate of drug-likeness (QED) is 0.836. The van der Waals surface area contributed by atoms with Gasteiger partial charge >= 0.3 is 0 Å². The summed E-state index contributed by atoms with van der Waals surface area (Å²) in [5.74, 6) is 3.67. The van der Waals surface area contributed by atoms with Crippen LogP contribution in [0.25, 0.3) is 0 Å². The van der Waals surface area contributed by atoms with Gasteiger partial charge in [-0.3, -0.25) is 0 Å². The zero-order valence-corrected chi connectivity index (χ0v) is 14.1. The van der Waals surface area contributed by atoms with Crippen molar-refractivity contribution in [2.45, 2.75) is 52.5 Å². The molecule has 1 aliphatic rings. The number of aryl methyl sites for hydroxylation is 2. The third-order valence-electron chi connectivity index (χ3n) is 4.42. The average Bonchev–Trinajstić information content (AvgIpc) is 2.44. The van der Waals surface area contributed by atoms with Crippen LogP contribution < -0.4 is 5.32 Å². The second-order valence-electron chi connectivity index (χ2n) is 6.18. The second-order valence-corrected chi connectivity index (χ2v) is 7.40. The largest absolute Gasteiger partial charge is 0.314 e. The lowest BCUT2D eigenvalue weighted by Gasteiger charge is -2.27. The molecule has 1 N–H and O–H groups in total. The molecule has 1 atom stereocenters. The van der Waals surface area contributed by atoms with Crippen LogP contribution in [0.15, 0.2) is 18.2 Å². The average molecular weight is 292 g/mol. The van der Waals surface area contributed by atoms with Gasteiger partial charge in [0.15, 0.2) is 0 Å². The van der Waals surface area contributed by atoms with E-state index in [9.17, 15) is 0 Å². The molecule has 20 heavy (non-hydrogen) atoms. The summed E-state index contributed by atoms with van der Waals surface area (Å²) in [6, 6.07) is 7.51. The standard InChI is InChI=1S/C18H29NS/c1-4-19-18(12-16-7-9-20-10-8-16)13-17-11-14(2)5-6-15(17)3/h5-6,11,16,18-19H,4,7-10,12-13H2,1-3H3. The number of likely N-dealkylation sites (N-methyl/N-ethyl adjacent to an activating group) is 1. The van der Waals surface area contributed by atoms with Gasteiger partial charge in [0, 0.05) is 6.04 Å². The summed E-state index contributed by atoms with van der Waals surface area (Å²) < 4.78 is 0. The van der Waals surface area contributed by atoms with Gasteiger partial charge < -0.3 is 5.32 Å². The van der Waals surface area contributed by atoms with Crippen molar-refractivity contribution in [3.8, 4) is 0 Å². The van der Waals surface area contributed by atoms with Crippen LogP contribution in [0.5, 0.6) is 0 Å². The van der Waals surface area contributed by atoms with Gasteiger partial charge in [-0.05, 0) is 74.6 Å². The summed E-state index contributed by atoms with van der Waals surface area (Å²) in [7, 11) is 0. The van der Waals surface area contributed by atoms with Crippen LogP contribution in [-0.2, 0) is 6.42 Å². The van der Waals surface area contributed by atoms with Gasteiger partial charge in [0.2, 0.25) is 0 Å². The predicted octanol–water partition coefficient (Wildman–Crippen LogP) is 4.36. The van der Waals surface area contributed by atoms with E-state index in [2.05, 4.69) is 56.0 Å². The Morgan fingerprint density at radius 3 is 2.70 bits per heavy atom. The molecular formula is C18H29NS. The SMILES string of the molecule is CCNC(Cc1cc(C)ccc1C)CC1CCSCC1. The molecule has 1 fully saturated rings. The summed E-state index contributed by atoms with van der Waals surface area (Å²) >= 11 is 2.13. The summed E-state index contributed by atoms with van der Waals surface area (Å²) in [4.78, 5) is 0. The van der Waals surface area contributed by atoms with Gasteiger partial charge in [-0.2, -0.15) is 11.8 Å². The number of hydrogen-bond donors (Lipinski definition) is 1. The van der Waals surface area contributed by atoms with Crippen LogP contribution >= 0.6 is 11.8 Å². The van der Waals surface area contributed by atoms with E-state index in [1.54, 1.807) is 0 Å². The lowest BCUT2D eigenvalue weighted by molar-refractivity contribution is 0.366. The highest BCUT2D eigenvalue weighted by Gasteiger charge is 2.19. The maximum absolute atomic E-state index is 3.72. The first-order valence-corrected chi connectivity index (χ1v) is 9.21. The van der Waals surface area contributed by atoms with Gasteiger partial charge in [0.1, 0.15) is 0 Å². The lowest BCUT2D eigenvalue weighted by atomic mass is 9.89. The molecular weight excluding hydrogens is 262 g/mol. The number of benzene rings is 1. The summed E-state index contributed by atoms with van der Waals surface area (Å²) in [5, 5.41) is 3.72. The van der Waals surface area contributed by atoms with E-state index in [1.165, 1.54) is 53.9 Å². The molecule has 1 aromatic rings. The Balaban J connectivity index is 1.98. The van der Waals surface area contributed by atoms with Crippen molar-refractivity contribution in [1.29, 1.82) is 0 Å². The number of thioether (sulfide) groups is 1. The van der Waals surface area contributed by atoms with Crippen molar-refractivity contribution in [1.82, 2.24) is 5.32 Å². The Morgan fingerprint density at radius 2 is 2.00 bits per heavy atom. The predicted molar refractivity (Wildman–Crippen MR) is 91.8 cm³/mol. The summed E-state index contributed by atoms with van der Waals surface area (Å²) in [5.41, 5.74) is 4.36. The minimum Gasteiger partial charge on any atom is -0.314 e. The van der Waals surface area contributed by atoms with E-state index in [0.717, 1.165) is 12.5 Å². The zero-order valence-electron chi connectivity index (χ0n) is 13.2. The maximum Gasteiger partial charge on any atom is 0.0110 e. The molecule has 2 heteroatoms. The Morgan fingerprint density at radius 1 is 1.25 bits per heavy atom. The highest BCUT2D eigenvalue weighted by atomic mass is 32.2. The molecule has 2 rings (SSSR count). The summed E-state index contributed by atoms with van der Waals surface area (Å²) in [6.07, 6.45) is 5.37. The van der Waals surface area contributed by atoms with Crippen LogP contribution in [0, 0.1) is 19.8 Å². The fraction of sp³-hybridized carbons (Fsp3) is 0.667. The van der Waals surface area contributed by atoms with Gasteiger partial charge in [0.25, 0.3) is 0 Å². The van der Waals surface area contributed by atoms with E-state index in [-0.39, 0.29) is 0 Å². The Kier molecular flexibility index (Phi) is 6.44. The first-order valence-electron chi connectivity index (χ1n) is 8.06. The van der Waals surface area contributed by atoms with E-state index in [4.69, 9.17) is 0 Å². The number of nitrogens with one attached hydrogen (secondary N) is 1. The summed E-state index contributed by atoms with van der Waals surface area (Å²) in [6.45, 7) is 7.75. The molecule has 112 valence electrons. The number of rotatable bonds is 6. The Bertz CT molecular complexity index is 410. The molecule has 0 bridgehead atoms. The molecule has 1 aliphatic heterocycles. The first-order chi connectivity index (χ1) is 9.69. The highest BCUT2D eigenvalue weighted by molar-refractivity contribution is 7.99. The normalized spacial score (nSPS) is 18.1. The minimum absolute atomic E-state index is 0.647. The van der Waals surface area contributed by atoms with Crippen LogP contribution in [0.2, 0.25) is 0 Å². The van der Waals surface area contributed by atoms with Crippen LogP contribution in [0.1, 0.15) is 42.9 Å². The third-order valence-corrected chi connectivity index (χ3v) is 5.47. The smallest absolute Gasteiger partial charge is 0.0110 e. The van der Waals surface area contributed by atoms with Crippen LogP contribution in [0.4, 0.5) is 0 Å². The third kappa shape index (κ3) is 4.82. The zero-order chi connectivity index (χ0) is 14.4. The fourth-order valence-corrected chi connectivity index (χ4v) is 4.40. The van der Waals surface area contributed by atoms with Crippen molar-refractivity contribution < 1.29 is 0 Å². The molecule has 1 nitrogen and oxygen atoms in total. The van der Waals surface area contributed by atoms with E-state index >= 15 is 0 Å². The van der Waals surface area contributed by atoms with Crippen molar-refractivity contribution in [2.24, 2.45) is 5.92 Å². The monoisotopic (exact) mass is 291 g/mol. The topological polar surface area (TPSA) is 12.0 Å². The first kappa shape index (κ1) is 15.9. The molecule has 1 saturated heterocycles. The van der Waals surface area contributed by atoms with Crippen LogP contribution in [0.3, 0.4) is 0 Å². The molecule has 0 amide bonds. The van der Waals surface area contributed by atoms with Crippen molar-refractivity contribution in [3.63, 3.8) is 0 Å². The van der Waals surface area contributed by atoms with Crippen LogP contribution in [-0.4, -0.2) is 24.1 Å². The molecule has 0 aromatic heterocycles. The Hall–Kier alpha value is -0.470. The molecule has 0 spiro atoms. The maximum atomic E-state index is 3.72. The molecule has 0 aliphatic carbocycles. The minimum atomic E-state index is 0.647. The molecule has 0 radical (unpaired) electrons. The van der Waals surface area contributed by atoms with Gasteiger partial charge in [-0.25, -0.2) is 0 Å². The molecule has 1 heterocycles. The Labute approximate surface area is 128 Å². The molecule has 0 saturated carbocycles. The van der Waals surface area contributed by atoms with Crippen molar-refractivity contribution in [2.75, 3.05) is 18.1 Å². The van der Waals surface area contributed by atoms with E-state index in [1.807, 2.05) is 0 Å². The lowest BCUT2D eigenvalue weighted by Crippen LogP contribution is -2.34. The molecule has 1 aromatic carbocycles. The second kappa shape index (κ2) is 8.09. The van der Waals surface area contributed by atoms with Gasteiger partial charge in [-0.1, -0.05) is 30.7 Å². The van der Waals surface area contributed by atoms with Gasteiger partial charge in [0.05, 0.1) is 0 Å². The fourth-order valence-electron chi connectivity index (χ4n) is 3.20. The van der Waals surface area contributed by atoms with Crippen molar-refractivity contribution >= 4 is 11.8 Å². The molecule has 1 unspecified atom stereocenters.